The molecule has 1 heterocycles. The molecule has 1 N–H and O–H groups in total. The lowest BCUT2D eigenvalue weighted by atomic mass is 9.84. The minimum atomic E-state index is -0.566. The number of nitrogens with zero attached hydrogens (tertiary/aromatic N) is 1. The Morgan fingerprint density at radius 3 is 2.38 bits per heavy atom. The van der Waals surface area contributed by atoms with Crippen LogP contribution in [0.4, 0.5) is 0 Å². The van der Waals surface area contributed by atoms with Gasteiger partial charge in [0.15, 0.2) is 0 Å². The van der Waals surface area contributed by atoms with Crippen molar-refractivity contribution in [3.63, 3.8) is 0 Å². The Morgan fingerprint density at radius 1 is 1.03 bits per heavy atom. The summed E-state index contributed by atoms with van der Waals surface area (Å²) >= 11 is 12.0. The van der Waals surface area contributed by atoms with Gasteiger partial charge in [0.1, 0.15) is 6.04 Å². The van der Waals surface area contributed by atoms with Crippen LogP contribution in [-0.2, 0) is 25.5 Å². The molecule has 34 heavy (non-hydrogen) atoms. The van der Waals surface area contributed by atoms with Crippen molar-refractivity contribution >= 4 is 41.0 Å². The summed E-state index contributed by atoms with van der Waals surface area (Å²) in [5.41, 5.74) is 0.989. The minimum Gasteiger partial charge on any atom is -0.467 e. The van der Waals surface area contributed by atoms with E-state index in [0.29, 0.717) is 54.7 Å². The van der Waals surface area contributed by atoms with Crippen LogP contribution in [0.3, 0.4) is 0 Å². The lowest BCUT2D eigenvalue weighted by molar-refractivity contribution is -0.146. The summed E-state index contributed by atoms with van der Waals surface area (Å²) in [6.07, 6.45) is 9.51. The maximum atomic E-state index is 12.7. The number of likely N-dealkylation sites (tertiary alicyclic amines) is 1. The number of amides is 2. The number of halogens is 2. The summed E-state index contributed by atoms with van der Waals surface area (Å²) in [6, 6.07) is 4.88. The van der Waals surface area contributed by atoms with Gasteiger partial charge in [0.2, 0.25) is 11.8 Å². The maximum Gasteiger partial charge on any atom is 0.328 e. The Morgan fingerprint density at radius 2 is 1.74 bits per heavy atom. The van der Waals surface area contributed by atoms with E-state index in [1.54, 1.807) is 12.1 Å². The summed E-state index contributed by atoms with van der Waals surface area (Å²) in [5, 5.41) is 3.94. The number of nitrogens with one attached hydrogen (secondary N) is 1. The van der Waals surface area contributed by atoms with Crippen molar-refractivity contribution in [2.75, 3.05) is 20.2 Å². The summed E-state index contributed by atoms with van der Waals surface area (Å²) < 4.78 is 4.94. The van der Waals surface area contributed by atoms with Gasteiger partial charge in [-0.1, -0.05) is 61.4 Å². The molecule has 188 valence electrons. The Hall–Kier alpha value is -1.79. The van der Waals surface area contributed by atoms with Crippen molar-refractivity contribution < 1.29 is 19.1 Å². The standard InChI is InChI=1S/C26H36Cl2N2O4/c1-34-26(33)23(16-18-5-3-2-4-6-18)29-24(31)17-20-11-13-30(14-12-20)25(32)10-8-19-7-9-21(27)22(28)15-19/h7,9,15,18,20,23H,2-6,8,10-14,16-17H2,1H3,(H,29,31)/t23-/m0/s1. The SMILES string of the molecule is COC(=O)[C@H](CC1CCCCC1)NC(=O)CC1CCN(C(=O)CCc2ccc(Cl)c(Cl)c2)CC1. The lowest BCUT2D eigenvalue weighted by Gasteiger charge is -2.32. The van der Waals surface area contributed by atoms with Crippen LogP contribution in [0, 0.1) is 11.8 Å². The van der Waals surface area contributed by atoms with Gasteiger partial charge in [0.25, 0.3) is 0 Å². The smallest absolute Gasteiger partial charge is 0.328 e. The number of piperidine rings is 1. The topological polar surface area (TPSA) is 75.7 Å². The van der Waals surface area contributed by atoms with Crippen molar-refractivity contribution in [1.82, 2.24) is 10.2 Å². The molecule has 1 saturated heterocycles. The Kier molecular flexibility index (Phi) is 10.5. The number of methoxy groups -OCH3 is 1. The second kappa shape index (κ2) is 13.3. The predicted octanol–water partition coefficient (Wildman–Crippen LogP) is 5.18. The first-order valence-corrected chi connectivity index (χ1v) is 13.2. The highest BCUT2D eigenvalue weighted by Crippen LogP contribution is 2.28. The third-order valence-electron chi connectivity index (χ3n) is 7.17. The summed E-state index contributed by atoms with van der Waals surface area (Å²) in [6.45, 7) is 1.31. The van der Waals surface area contributed by atoms with Crippen LogP contribution in [0.1, 0.15) is 69.8 Å². The zero-order valence-electron chi connectivity index (χ0n) is 20.0. The van der Waals surface area contributed by atoms with Crippen molar-refractivity contribution in [3.05, 3.63) is 33.8 Å². The van der Waals surface area contributed by atoms with E-state index in [0.717, 1.165) is 31.2 Å². The highest BCUT2D eigenvalue weighted by molar-refractivity contribution is 6.42. The summed E-state index contributed by atoms with van der Waals surface area (Å²) in [7, 11) is 1.37. The molecule has 8 heteroatoms. The zero-order valence-corrected chi connectivity index (χ0v) is 21.5. The molecule has 0 radical (unpaired) electrons. The molecule has 2 fully saturated rings. The normalized spacial score (nSPS) is 18.4. The largest absolute Gasteiger partial charge is 0.467 e. The molecule has 1 aromatic rings. The number of ether oxygens (including phenoxy) is 1. The van der Waals surface area contributed by atoms with Gasteiger partial charge in [-0.3, -0.25) is 9.59 Å². The highest BCUT2D eigenvalue weighted by atomic mass is 35.5. The number of hydrogen-bond acceptors (Lipinski definition) is 4. The van der Waals surface area contributed by atoms with Crippen LogP contribution in [0.15, 0.2) is 18.2 Å². The fourth-order valence-electron chi connectivity index (χ4n) is 5.12. The maximum absolute atomic E-state index is 12.7. The number of aryl methyl sites for hydroxylation is 1. The van der Waals surface area contributed by atoms with Gasteiger partial charge in [0, 0.05) is 25.9 Å². The molecule has 1 saturated carbocycles. The molecule has 0 aromatic heterocycles. The number of rotatable bonds is 9. The number of carbonyl (C=O) groups is 3. The molecule has 1 atom stereocenters. The average molecular weight is 511 g/mol. The summed E-state index contributed by atoms with van der Waals surface area (Å²) in [5.74, 6) is 0.340. The molecule has 0 bridgehead atoms. The molecular weight excluding hydrogens is 475 g/mol. The monoisotopic (exact) mass is 510 g/mol. The molecule has 1 aliphatic heterocycles. The molecule has 3 rings (SSSR count). The van der Waals surface area contributed by atoms with E-state index in [-0.39, 0.29) is 23.7 Å². The third-order valence-corrected chi connectivity index (χ3v) is 7.91. The predicted molar refractivity (Wildman–Crippen MR) is 134 cm³/mol. The van der Waals surface area contributed by atoms with Gasteiger partial charge in [-0.2, -0.15) is 0 Å². The van der Waals surface area contributed by atoms with Crippen LogP contribution >= 0.6 is 23.2 Å². The van der Waals surface area contributed by atoms with Crippen LogP contribution in [-0.4, -0.2) is 48.9 Å². The lowest BCUT2D eigenvalue weighted by Crippen LogP contribution is -2.44. The van der Waals surface area contributed by atoms with E-state index in [9.17, 15) is 14.4 Å². The van der Waals surface area contributed by atoms with E-state index in [2.05, 4.69) is 5.32 Å². The van der Waals surface area contributed by atoms with Crippen molar-refractivity contribution in [1.29, 1.82) is 0 Å². The van der Waals surface area contributed by atoms with E-state index in [1.807, 2.05) is 11.0 Å². The van der Waals surface area contributed by atoms with E-state index in [1.165, 1.54) is 26.4 Å². The van der Waals surface area contributed by atoms with Gasteiger partial charge in [-0.05, 0) is 55.2 Å². The second-order valence-electron chi connectivity index (χ2n) is 9.66. The Bertz CT molecular complexity index is 849. The Balaban J connectivity index is 1.40. The van der Waals surface area contributed by atoms with Crippen molar-refractivity contribution in [2.45, 2.75) is 76.7 Å². The van der Waals surface area contributed by atoms with Crippen molar-refractivity contribution in [2.24, 2.45) is 11.8 Å². The molecule has 1 aliphatic carbocycles. The highest BCUT2D eigenvalue weighted by Gasteiger charge is 2.29. The molecule has 6 nitrogen and oxygen atoms in total. The Labute approximate surface area is 212 Å². The van der Waals surface area contributed by atoms with Gasteiger partial charge in [0.05, 0.1) is 17.2 Å². The zero-order chi connectivity index (χ0) is 24.5. The van der Waals surface area contributed by atoms with Crippen LogP contribution in [0.25, 0.3) is 0 Å². The van der Waals surface area contributed by atoms with Gasteiger partial charge in [-0.15, -0.1) is 0 Å². The van der Waals surface area contributed by atoms with Crippen molar-refractivity contribution in [3.8, 4) is 0 Å². The minimum absolute atomic E-state index is 0.101. The molecule has 1 aromatic carbocycles. The quantitative estimate of drug-likeness (QED) is 0.464. The molecule has 2 aliphatic rings. The van der Waals surface area contributed by atoms with Gasteiger partial charge in [-0.25, -0.2) is 4.79 Å². The number of carbonyl (C=O) groups excluding carboxylic acids is 3. The van der Waals surface area contributed by atoms with Crippen LogP contribution < -0.4 is 5.32 Å². The van der Waals surface area contributed by atoms with Gasteiger partial charge < -0.3 is 15.0 Å². The average Bonchev–Trinajstić information content (AvgIpc) is 2.84. The fraction of sp³-hybridized carbons (Fsp3) is 0.654. The van der Waals surface area contributed by atoms with E-state index >= 15 is 0 Å². The van der Waals surface area contributed by atoms with E-state index in [4.69, 9.17) is 27.9 Å². The summed E-state index contributed by atoms with van der Waals surface area (Å²) in [4.78, 5) is 39.4. The van der Waals surface area contributed by atoms with Crippen LogP contribution in [0.2, 0.25) is 10.0 Å². The number of esters is 1. The first-order valence-electron chi connectivity index (χ1n) is 12.4. The number of benzene rings is 1. The van der Waals surface area contributed by atoms with Crippen LogP contribution in [0.5, 0.6) is 0 Å². The van der Waals surface area contributed by atoms with E-state index < -0.39 is 6.04 Å². The first-order chi connectivity index (χ1) is 16.4. The molecular formula is C26H36Cl2N2O4. The van der Waals surface area contributed by atoms with Gasteiger partial charge >= 0.3 is 5.97 Å². The first kappa shape index (κ1) is 26.8. The molecule has 0 unspecified atom stereocenters. The third kappa shape index (κ3) is 8.16. The second-order valence-corrected chi connectivity index (χ2v) is 10.5. The molecule has 2 amide bonds. The number of hydrogen-bond donors (Lipinski definition) is 1. The molecule has 0 spiro atoms. The fourth-order valence-corrected chi connectivity index (χ4v) is 5.44.